The van der Waals surface area contributed by atoms with E-state index in [0.29, 0.717) is 6.42 Å². The van der Waals surface area contributed by atoms with Crippen molar-refractivity contribution in [2.24, 2.45) is 10.9 Å². The van der Waals surface area contributed by atoms with Crippen LogP contribution in [0.3, 0.4) is 0 Å². The lowest BCUT2D eigenvalue weighted by molar-refractivity contribution is -0.116. The molecule has 4 heteroatoms. The summed E-state index contributed by atoms with van der Waals surface area (Å²) in [6.45, 7) is 0. The fourth-order valence-corrected chi connectivity index (χ4v) is 5.09. The highest BCUT2D eigenvalue weighted by molar-refractivity contribution is 7.10. The second kappa shape index (κ2) is 5.08. The average molecular weight is 333 g/mol. The van der Waals surface area contributed by atoms with E-state index in [1.54, 1.807) is 11.3 Å². The topological polar surface area (TPSA) is 46.5 Å². The number of benzene rings is 1. The smallest absolute Gasteiger partial charge is 0.173 e. The molecule has 2 aromatic rings. The molecule has 0 N–H and O–H groups in total. The molecule has 1 aromatic carbocycles. The van der Waals surface area contributed by atoms with Crippen LogP contribution in [0.15, 0.2) is 58.0 Å². The molecule has 2 aliphatic carbocycles. The van der Waals surface area contributed by atoms with Gasteiger partial charge in [0, 0.05) is 39.6 Å². The first-order valence-electron chi connectivity index (χ1n) is 8.27. The van der Waals surface area contributed by atoms with Gasteiger partial charge in [-0.1, -0.05) is 30.3 Å². The summed E-state index contributed by atoms with van der Waals surface area (Å²) < 4.78 is 0. The molecular formula is C20H15NO2S. The van der Waals surface area contributed by atoms with E-state index in [2.05, 4.69) is 0 Å². The number of ketones is 2. The Morgan fingerprint density at radius 3 is 2.58 bits per heavy atom. The third-order valence-electron chi connectivity index (χ3n) is 5.22. The van der Waals surface area contributed by atoms with Crippen LogP contribution in [0.25, 0.3) is 0 Å². The summed E-state index contributed by atoms with van der Waals surface area (Å²) >= 11 is 1.62. The average Bonchev–Trinajstić information content (AvgIpc) is 3.22. The number of carbonyl (C=O) groups is 2. The molecule has 3 aliphatic rings. The van der Waals surface area contributed by atoms with Gasteiger partial charge in [0.25, 0.3) is 0 Å². The first kappa shape index (κ1) is 14.1. The second-order valence-corrected chi connectivity index (χ2v) is 7.49. The Morgan fingerprint density at radius 1 is 0.958 bits per heavy atom. The number of carbonyl (C=O) groups excluding carboxylic acids is 2. The quantitative estimate of drug-likeness (QED) is 0.787. The predicted molar refractivity (Wildman–Crippen MR) is 93.7 cm³/mol. The van der Waals surface area contributed by atoms with Crippen molar-refractivity contribution in [1.29, 1.82) is 0 Å². The molecule has 1 aromatic heterocycles. The first-order valence-corrected chi connectivity index (χ1v) is 9.15. The number of fused-ring (bicyclic) bond motifs is 3. The SMILES string of the molecule is O=C1CCCC2=C1[C@H](c1cccs1)[C@H]1C(=O)c3ccccc3C1=N2. The number of allylic oxidation sites excluding steroid dienone is 2. The largest absolute Gasteiger partial charge is 0.294 e. The molecule has 0 saturated carbocycles. The van der Waals surface area contributed by atoms with Gasteiger partial charge in [-0.15, -0.1) is 11.3 Å². The molecule has 118 valence electrons. The maximum Gasteiger partial charge on any atom is 0.173 e. The molecule has 0 unspecified atom stereocenters. The monoisotopic (exact) mass is 333 g/mol. The molecule has 3 nitrogen and oxygen atoms in total. The van der Waals surface area contributed by atoms with Crippen molar-refractivity contribution in [2.45, 2.75) is 25.2 Å². The fraction of sp³-hybridized carbons (Fsp3) is 0.250. The zero-order chi connectivity index (χ0) is 16.3. The molecule has 1 aliphatic heterocycles. The molecule has 0 amide bonds. The normalized spacial score (nSPS) is 25.2. The summed E-state index contributed by atoms with van der Waals surface area (Å²) in [4.78, 5) is 31.7. The molecule has 2 heterocycles. The maximum atomic E-state index is 13.1. The Balaban J connectivity index is 1.78. The number of hydrogen-bond acceptors (Lipinski definition) is 4. The predicted octanol–water partition coefficient (Wildman–Crippen LogP) is 4.15. The highest BCUT2D eigenvalue weighted by Gasteiger charge is 2.48. The molecule has 0 radical (unpaired) electrons. The van der Waals surface area contributed by atoms with Crippen LogP contribution in [0.1, 0.15) is 46.0 Å². The Morgan fingerprint density at radius 2 is 1.79 bits per heavy atom. The van der Waals surface area contributed by atoms with Gasteiger partial charge in [0.05, 0.1) is 11.6 Å². The van der Waals surface area contributed by atoms with Crippen molar-refractivity contribution in [1.82, 2.24) is 0 Å². The number of thiophene rings is 1. The summed E-state index contributed by atoms with van der Waals surface area (Å²) in [5.74, 6) is -0.240. The fourth-order valence-electron chi connectivity index (χ4n) is 4.22. The van der Waals surface area contributed by atoms with Gasteiger partial charge >= 0.3 is 0 Å². The Labute approximate surface area is 143 Å². The number of hydrogen-bond donors (Lipinski definition) is 0. The zero-order valence-corrected chi connectivity index (χ0v) is 13.8. The van der Waals surface area contributed by atoms with Crippen LogP contribution in [-0.2, 0) is 4.79 Å². The summed E-state index contributed by atoms with van der Waals surface area (Å²) in [5.41, 5.74) is 4.25. The van der Waals surface area contributed by atoms with Crippen molar-refractivity contribution in [3.8, 4) is 0 Å². The summed E-state index contributed by atoms with van der Waals surface area (Å²) in [6, 6.07) is 11.7. The number of rotatable bonds is 1. The van der Waals surface area contributed by atoms with Crippen LogP contribution in [-0.4, -0.2) is 17.3 Å². The van der Waals surface area contributed by atoms with Crippen molar-refractivity contribution in [2.75, 3.05) is 0 Å². The second-order valence-electron chi connectivity index (χ2n) is 6.51. The zero-order valence-electron chi connectivity index (χ0n) is 13.0. The molecule has 0 bridgehead atoms. The lowest BCUT2D eigenvalue weighted by atomic mass is 9.74. The molecule has 2 atom stereocenters. The van der Waals surface area contributed by atoms with Crippen LogP contribution in [0.2, 0.25) is 0 Å². The minimum atomic E-state index is -0.346. The van der Waals surface area contributed by atoms with E-state index in [9.17, 15) is 9.59 Å². The van der Waals surface area contributed by atoms with Gasteiger partial charge in [-0.3, -0.25) is 14.6 Å². The van der Waals surface area contributed by atoms with Gasteiger partial charge in [0.2, 0.25) is 0 Å². The van der Waals surface area contributed by atoms with Crippen LogP contribution < -0.4 is 0 Å². The van der Waals surface area contributed by atoms with E-state index < -0.39 is 0 Å². The Bertz CT molecular complexity index is 936. The van der Waals surface area contributed by atoms with Gasteiger partial charge in [-0.25, -0.2) is 0 Å². The molecular weight excluding hydrogens is 318 g/mol. The minimum absolute atomic E-state index is 0.104. The lowest BCUT2D eigenvalue weighted by Crippen LogP contribution is -2.33. The minimum Gasteiger partial charge on any atom is -0.294 e. The van der Waals surface area contributed by atoms with E-state index >= 15 is 0 Å². The number of nitrogens with zero attached hydrogens (tertiary/aromatic N) is 1. The van der Waals surface area contributed by atoms with Crippen molar-refractivity contribution < 1.29 is 9.59 Å². The number of Topliss-reactive ketones (excluding diaryl/α,β-unsaturated/α-hetero) is 2. The van der Waals surface area contributed by atoms with E-state index in [0.717, 1.165) is 45.8 Å². The standard InChI is InChI=1S/C20H15NO2S/c22-14-8-3-7-13-16(14)17(15-9-4-10-24-15)18-19(21-13)11-5-1-2-6-12(11)20(18)23/h1-2,4-6,9-10,17-18H,3,7-8H2/t17-,18+/m0/s1. The van der Waals surface area contributed by atoms with E-state index in [-0.39, 0.29) is 23.4 Å². The van der Waals surface area contributed by atoms with Crippen LogP contribution in [0, 0.1) is 5.92 Å². The molecule has 5 rings (SSSR count). The molecule has 0 spiro atoms. The van der Waals surface area contributed by atoms with Crippen molar-refractivity contribution in [3.05, 3.63) is 69.1 Å². The summed E-state index contributed by atoms with van der Waals surface area (Å²) in [5, 5.41) is 2.01. The summed E-state index contributed by atoms with van der Waals surface area (Å²) in [7, 11) is 0. The van der Waals surface area contributed by atoms with Gasteiger partial charge in [0.1, 0.15) is 0 Å². The molecule has 0 saturated heterocycles. The lowest BCUT2D eigenvalue weighted by Gasteiger charge is -2.32. The van der Waals surface area contributed by atoms with Crippen LogP contribution >= 0.6 is 11.3 Å². The summed E-state index contributed by atoms with van der Waals surface area (Å²) in [6.07, 6.45) is 2.25. The molecule has 0 fully saturated rings. The first-order chi connectivity index (χ1) is 11.8. The maximum absolute atomic E-state index is 13.1. The van der Waals surface area contributed by atoms with E-state index in [1.807, 2.05) is 41.8 Å². The third kappa shape index (κ3) is 1.80. The van der Waals surface area contributed by atoms with E-state index in [4.69, 9.17) is 4.99 Å². The molecule has 24 heavy (non-hydrogen) atoms. The van der Waals surface area contributed by atoms with Gasteiger partial charge in [0.15, 0.2) is 11.6 Å². The van der Waals surface area contributed by atoms with Crippen LogP contribution in [0.4, 0.5) is 0 Å². The van der Waals surface area contributed by atoms with Crippen molar-refractivity contribution in [3.63, 3.8) is 0 Å². The number of aliphatic imine (C=N–C) groups is 1. The van der Waals surface area contributed by atoms with Crippen LogP contribution in [0.5, 0.6) is 0 Å². The van der Waals surface area contributed by atoms with Gasteiger partial charge in [-0.2, -0.15) is 0 Å². The van der Waals surface area contributed by atoms with Gasteiger partial charge < -0.3 is 0 Å². The van der Waals surface area contributed by atoms with Crippen molar-refractivity contribution >= 4 is 28.6 Å². The Hall–Kier alpha value is -2.33. The van der Waals surface area contributed by atoms with Gasteiger partial charge in [-0.05, 0) is 24.3 Å². The van der Waals surface area contributed by atoms with E-state index in [1.165, 1.54) is 0 Å². The third-order valence-corrected chi connectivity index (χ3v) is 6.18. The highest BCUT2D eigenvalue weighted by Crippen LogP contribution is 2.49. The highest BCUT2D eigenvalue weighted by atomic mass is 32.1. The Kier molecular flexibility index (Phi) is 2.98.